The largest absolute Gasteiger partial charge is 0.448 e. The van der Waals surface area contributed by atoms with Gasteiger partial charge in [0.2, 0.25) is 0 Å². The molecule has 0 radical (unpaired) electrons. The van der Waals surface area contributed by atoms with Gasteiger partial charge >= 0.3 is 12.3 Å². The molecule has 1 aliphatic rings. The van der Waals surface area contributed by atoms with Gasteiger partial charge in [0.05, 0.1) is 29.3 Å². The van der Waals surface area contributed by atoms with Gasteiger partial charge in [-0.3, -0.25) is 0 Å². The van der Waals surface area contributed by atoms with Gasteiger partial charge in [-0.05, 0) is 12.1 Å². The van der Waals surface area contributed by atoms with Crippen molar-refractivity contribution in [2.45, 2.75) is 11.9 Å². The number of rotatable bonds is 6. The van der Waals surface area contributed by atoms with Gasteiger partial charge in [-0.2, -0.15) is 13.2 Å². The third-order valence-corrected chi connectivity index (χ3v) is 6.38. The fraction of sp³-hybridized carbons (Fsp3) is 0.375. The van der Waals surface area contributed by atoms with Gasteiger partial charge in [-0.15, -0.1) is 11.3 Å². The van der Waals surface area contributed by atoms with Gasteiger partial charge in [0.25, 0.3) is 0 Å². The number of hydrogen-bond acceptors (Lipinski definition) is 6. The van der Waals surface area contributed by atoms with Crippen LogP contribution in [0.2, 0.25) is 0 Å². The Hall–Kier alpha value is -2.14. The Labute approximate surface area is 157 Å². The van der Waals surface area contributed by atoms with Crippen LogP contribution in [0.5, 0.6) is 0 Å². The molecule has 0 bridgehead atoms. The van der Waals surface area contributed by atoms with E-state index in [2.05, 4.69) is 4.98 Å². The minimum absolute atomic E-state index is 0.0526. The first-order valence-electron chi connectivity index (χ1n) is 7.88. The molecule has 1 aromatic carbocycles. The second-order valence-corrected chi connectivity index (χ2v) is 8.95. The van der Waals surface area contributed by atoms with Crippen LogP contribution < -0.4 is 0 Å². The van der Waals surface area contributed by atoms with E-state index in [-0.39, 0.29) is 24.7 Å². The molecule has 0 spiro atoms. The lowest BCUT2D eigenvalue weighted by Gasteiger charge is -2.11. The van der Waals surface area contributed by atoms with Crippen molar-refractivity contribution in [2.75, 3.05) is 25.4 Å². The Kier molecular flexibility index (Phi) is 5.43. The Morgan fingerprint density at radius 1 is 1.22 bits per heavy atom. The Balaban J connectivity index is 1.64. The number of alkyl halides is 3. The lowest BCUT2D eigenvalue weighted by molar-refractivity contribution is -0.137. The number of carbonyl (C=O) groups excluding carboxylic acids is 1. The Morgan fingerprint density at radius 2 is 1.93 bits per heavy atom. The minimum atomic E-state index is -4.41. The van der Waals surface area contributed by atoms with Crippen LogP contribution in [0.4, 0.5) is 18.0 Å². The fourth-order valence-electron chi connectivity index (χ4n) is 2.48. The molecule has 146 valence electrons. The molecule has 1 aliphatic heterocycles. The summed E-state index contributed by atoms with van der Waals surface area (Å²) in [5.41, 5.74) is 0.0430. The zero-order chi connectivity index (χ0) is 19.7. The van der Waals surface area contributed by atoms with Crippen molar-refractivity contribution in [2.24, 2.45) is 0 Å². The van der Waals surface area contributed by atoms with Gasteiger partial charge in [-0.25, -0.2) is 18.2 Å². The number of halogens is 3. The van der Waals surface area contributed by atoms with Crippen LogP contribution in [0.1, 0.15) is 11.3 Å². The molecule has 11 heteroatoms. The normalized spacial score (nSPS) is 15.2. The first kappa shape index (κ1) is 19.6. The van der Waals surface area contributed by atoms with Gasteiger partial charge in [0, 0.05) is 17.5 Å². The van der Waals surface area contributed by atoms with Crippen molar-refractivity contribution in [3.05, 3.63) is 40.9 Å². The first-order chi connectivity index (χ1) is 12.6. The number of hydrogen-bond donors (Lipinski definition) is 0. The predicted octanol–water partition coefficient (Wildman–Crippen LogP) is 3.20. The van der Waals surface area contributed by atoms with Crippen molar-refractivity contribution in [1.82, 2.24) is 9.88 Å². The number of thiazole rings is 1. The molecule has 1 saturated heterocycles. The first-order valence-corrected chi connectivity index (χ1v) is 10.6. The molecule has 1 fully saturated rings. The molecule has 2 heterocycles. The lowest BCUT2D eigenvalue weighted by atomic mass is 10.1. The summed E-state index contributed by atoms with van der Waals surface area (Å²) in [5, 5.41) is 2.01. The summed E-state index contributed by atoms with van der Waals surface area (Å²) in [4.78, 5) is 16.9. The molecule has 2 aromatic rings. The number of nitrogens with zero attached hydrogens (tertiary/aromatic N) is 2. The number of carbonyl (C=O) groups is 1. The minimum Gasteiger partial charge on any atom is -0.448 e. The smallest absolute Gasteiger partial charge is 0.416 e. The maximum absolute atomic E-state index is 12.6. The molecule has 0 unspecified atom stereocenters. The summed E-state index contributed by atoms with van der Waals surface area (Å²) in [7, 11) is -3.49. The number of amides is 1. The number of cyclic esters (lactones) is 1. The Bertz CT molecular complexity index is 924. The molecule has 0 aliphatic carbocycles. The highest BCUT2D eigenvalue weighted by Gasteiger charge is 2.30. The van der Waals surface area contributed by atoms with Crippen LogP contribution in [0.3, 0.4) is 0 Å². The summed E-state index contributed by atoms with van der Waals surface area (Å²) in [6.07, 6.45) is -4.94. The molecule has 3 rings (SSSR count). The van der Waals surface area contributed by atoms with Crippen LogP contribution in [-0.2, 0) is 26.5 Å². The topological polar surface area (TPSA) is 76.6 Å². The number of benzene rings is 1. The van der Waals surface area contributed by atoms with E-state index in [1.165, 1.54) is 17.0 Å². The van der Waals surface area contributed by atoms with Crippen molar-refractivity contribution < 1.29 is 31.1 Å². The zero-order valence-corrected chi connectivity index (χ0v) is 15.5. The standard InChI is InChI=1S/C16H15F3N2O4S2/c17-16(18,19)12-3-1-11(2-4-12)14-20-13(9-26-14)10-27(23,24)8-6-21-5-7-25-15(21)22/h1-4,9H,5-8,10H2. The summed E-state index contributed by atoms with van der Waals surface area (Å²) in [6.45, 7) is 0.668. The highest BCUT2D eigenvalue weighted by molar-refractivity contribution is 7.90. The average Bonchev–Trinajstić information content (AvgIpc) is 3.21. The van der Waals surface area contributed by atoms with Gasteiger partial charge in [-0.1, -0.05) is 12.1 Å². The Morgan fingerprint density at radius 3 is 2.52 bits per heavy atom. The van der Waals surface area contributed by atoms with Crippen molar-refractivity contribution in [3.63, 3.8) is 0 Å². The molecule has 1 amide bonds. The van der Waals surface area contributed by atoms with Crippen LogP contribution in [0.25, 0.3) is 10.6 Å². The van der Waals surface area contributed by atoms with Crippen LogP contribution in [-0.4, -0.2) is 49.8 Å². The summed E-state index contributed by atoms with van der Waals surface area (Å²) in [5.74, 6) is -0.512. The lowest BCUT2D eigenvalue weighted by Crippen LogP contribution is -2.30. The van der Waals surface area contributed by atoms with E-state index < -0.39 is 27.7 Å². The van der Waals surface area contributed by atoms with Gasteiger partial charge in [0.1, 0.15) is 11.6 Å². The fourth-order valence-corrected chi connectivity index (χ4v) is 4.66. The van der Waals surface area contributed by atoms with E-state index in [1.54, 1.807) is 5.38 Å². The predicted molar refractivity (Wildman–Crippen MR) is 93.0 cm³/mol. The summed E-state index contributed by atoms with van der Waals surface area (Å²) in [6, 6.07) is 4.53. The number of aromatic nitrogens is 1. The SMILES string of the molecule is O=C1OCCN1CCS(=O)(=O)Cc1csc(-c2ccc(C(F)(F)F)cc2)n1. The van der Waals surface area contributed by atoms with E-state index in [0.29, 0.717) is 22.8 Å². The van der Waals surface area contributed by atoms with Gasteiger partial charge in [0.15, 0.2) is 9.84 Å². The van der Waals surface area contributed by atoms with E-state index >= 15 is 0 Å². The maximum Gasteiger partial charge on any atom is 0.416 e. The van der Waals surface area contributed by atoms with E-state index in [9.17, 15) is 26.4 Å². The molecule has 6 nitrogen and oxygen atoms in total. The molecule has 27 heavy (non-hydrogen) atoms. The van der Waals surface area contributed by atoms with E-state index in [4.69, 9.17) is 4.74 Å². The second kappa shape index (κ2) is 7.47. The third-order valence-electron chi connectivity index (χ3n) is 3.90. The van der Waals surface area contributed by atoms with Crippen molar-refractivity contribution in [1.29, 1.82) is 0 Å². The number of ether oxygens (including phenoxy) is 1. The maximum atomic E-state index is 12.6. The molecular weight excluding hydrogens is 405 g/mol. The monoisotopic (exact) mass is 420 g/mol. The van der Waals surface area contributed by atoms with E-state index in [0.717, 1.165) is 23.5 Å². The molecule has 0 saturated carbocycles. The zero-order valence-electron chi connectivity index (χ0n) is 13.9. The number of sulfone groups is 1. The summed E-state index contributed by atoms with van der Waals surface area (Å²) >= 11 is 1.16. The molecule has 1 aromatic heterocycles. The highest BCUT2D eigenvalue weighted by Crippen LogP contribution is 2.32. The van der Waals surface area contributed by atoms with E-state index in [1.807, 2.05) is 0 Å². The molecule has 0 N–H and O–H groups in total. The summed E-state index contributed by atoms with van der Waals surface area (Å²) < 4.78 is 67.0. The quantitative estimate of drug-likeness (QED) is 0.717. The van der Waals surface area contributed by atoms with Crippen LogP contribution >= 0.6 is 11.3 Å². The second-order valence-electron chi connectivity index (χ2n) is 5.91. The van der Waals surface area contributed by atoms with Crippen LogP contribution in [0, 0.1) is 0 Å². The molecular formula is C16H15F3N2O4S2. The average molecular weight is 420 g/mol. The van der Waals surface area contributed by atoms with Crippen molar-refractivity contribution >= 4 is 27.3 Å². The highest BCUT2D eigenvalue weighted by atomic mass is 32.2. The van der Waals surface area contributed by atoms with Crippen molar-refractivity contribution in [3.8, 4) is 10.6 Å². The van der Waals surface area contributed by atoms with Crippen LogP contribution in [0.15, 0.2) is 29.6 Å². The van der Waals surface area contributed by atoms with Gasteiger partial charge < -0.3 is 9.64 Å². The molecule has 0 atom stereocenters. The third kappa shape index (κ3) is 4.98.